The zero-order valence-corrected chi connectivity index (χ0v) is 11.8. The second kappa shape index (κ2) is 9.50. The first-order valence-corrected chi connectivity index (χ1v) is 6.54. The number of halogens is 2. The van der Waals surface area contributed by atoms with Gasteiger partial charge >= 0.3 is 0 Å². The lowest BCUT2D eigenvalue weighted by atomic mass is 10.2. The van der Waals surface area contributed by atoms with Crippen molar-refractivity contribution in [2.45, 2.75) is 19.9 Å². The van der Waals surface area contributed by atoms with Gasteiger partial charge in [-0.3, -0.25) is 0 Å². The highest BCUT2D eigenvalue weighted by atomic mass is 19.3. The summed E-state index contributed by atoms with van der Waals surface area (Å²) in [7, 11) is 1.62. The Morgan fingerprint density at radius 1 is 1.25 bits per heavy atom. The van der Waals surface area contributed by atoms with Gasteiger partial charge < -0.3 is 19.5 Å². The van der Waals surface area contributed by atoms with Crippen LogP contribution in [0.15, 0.2) is 18.2 Å². The number of ether oxygens (including phenoxy) is 3. The summed E-state index contributed by atoms with van der Waals surface area (Å²) in [5.41, 5.74) is 0.785. The number of benzene rings is 1. The van der Waals surface area contributed by atoms with Gasteiger partial charge in [0.2, 0.25) is 0 Å². The minimum absolute atomic E-state index is 0.375. The number of para-hydroxylation sites is 1. The Kier molecular flexibility index (Phi) is 7.91. The number of rotatable bonds is 10. The van der Waals surface area contributed by atoms with Crippen LogP contribution >= 0.6 is 0 Å². The van der Waals surface area contributed by atoms with Crippen LogP contribution in [0.25, 0.3) is 0 Å². The van der Waals surface area contributed by atoms with Crippen LogP contribution in [-0.4, -0.2) is 39.9 Å². The van der Waals surface area contributed by atoms with Gasteiger partial charge in [-0.2, -0.15) is 0 Å². The summed E-state index contributed by atoms with van der Waals surface area (Å²) in [4.78, 5) is 0. The second-order valence-corrected chi connectivity index (χ2v) is 4.05. The van der Waals surface area contributed by atoms with Crippen molar-refractivity contribution in [1.82, 2.24) is 5.32 Å². The number of nitrogens with one attached hydrogen (secondary N) is 1. The van der Waals surface area contributed by atoms with Gasteiger partial charge in [0, 0.05) is 25.8 Å². The summed E-state index contributed by atoms with van der Waals surface area (Å²) in [5, 5.41) is 3.15. The van der Waals surface area contributed by atoms with E-state index in [-0.39, 0.29) is 0 Å². The molecule has 0 atom stereocenters. The van der Waals surface area contributed by atoms with Crippen LogP contribution in [0.3, 0.4) is 0 Å². The molecule has 0 spiro atoms. The lowest BCUT2D eigenvalue weighted by molar-refractivity contribution is 0.0795. The van der Waals surface area contributed by atoms with Crippen LogP contribution in [0.4, 0.5) is 8.78 Å². The molecule has 0 aliphatic rings. The monoisotopic (exact) mass is 289 g/mol. The first kappa shape index (κ1) is 16.7. The Balaban J connectivity index is 2.75. The van der Waals surface area contributed by atoms with E-state index >= 15 is 0 Å². The highest BCUT2D eigenvalue weighted by Crippen LogP contribution is 2.31. The first-order chi connectivity index (χ1) is 9.69. The SMILES string of the molecule is CCOc1cccc(CNCCOC)c1OCC(F)F. The second-order valence-electron chi connectivity index (χ2n) is 4.05. The molecule has 6 heteroatoms. The summed E-state index contributed by atoms with van der Waals surface area (Å²) >= 11 is 0. The summed E-state index contributed by atoms with van der Waals surface area (Å²) in [6.45, 7) is 3.39. The third kappa shape index (κ3) is 5.71. The smallest absolute Gasteiger partial charge is 0.272 e. The van der Waals surface area contributed by atoms with Crippen LogP contribution in [0.1, 0.15) is 12.5 Å². The summed E-state index contributed by atoms with van der Waals surface area (Å²) in [6, 6.07) is 5.35. The molecule has 0 bridgehead atoms. The van der Waals surface area contributed by atoms with Gasteiger partial charge in [0.05, 0.1) is 13.2 Å². The predicted molar refractivity (Wildman–Crippen MR) is 72.7 cm³/mol. The first-order valence-electron chi connectivity index (χ1n) is 6.54. The highest BCUT2D eigenvalue weighted by Gasteiger charge is 2.13. The summed E-state index contributed by atoms with van der Waals surface area (Å²) < 4.78 is 40.2. The largest absolute Gasteiger partial charge is 0.490 e. The summed E-state index contributed by atoms with van der Waals surface area (Å²) in [5.74, 6) is 0.860. The molecule has 0 amide bonds. The van der Waals surface area contributed by atoms with Gasteiger partial charge in [0.1, 0.15) is 6.61 Å². The van der Waals surface area contributed by atoms with E-state index in [4.69, 9.17) is 14.2 Å². The average molecular weight is 289 g/mol. The Morgan fingerprint density at radius 2 is 2.05 bits per heavy atom. The molecule has 0 saturated carbocycles. The van der Waals surface area contributed by atoms with Crippen LogP contribution < -0.4 is 14.8 Å². The minimum Gasteiger partial charge on any atom is -0.490 e. The number of hydrogen-bond acceptors (Lipinski definition) is 4. The van der Waals surface area contributed by atoms with Crippen LogP contribution in [0, 0.1) is 0 Å². The predicted octanol–water partition coefficient (Wildman–Crippen LogP) is 2.47. The lowest BCUT2D eigenvalue weighted by Gasteiger charge is -2.16. The highest BCUT2D eigenvalue weighted by molar-refractivity contribution is 5.46. The van der Waals surface area contributed by atoms with E-state index in [2.05, 4.69) is 5.32 Å². The van der Waals surface area contributed by atoms with Crippen molar-refractivity contribution in [3.63, 3.8) is 0 Å². The van der Waals surface area contributed by atoms with E-state index in [9.17, 15) is 8.78 Å². The molecule has 0 aliphatic carbocycles. The van der Waals surface area contributed by atoms with Gasteiger partial charge in [-0.05, 0) is 13.0 Å². The van der Waals surface area contributed by atoms with E-state index in [1.165, 1.54) is 0 Å². The zero-order chi connectivity index (χ0) is 14.8. The molecule has 0 aliphatic heterocycles. The quantitative estimate of drug-likeness (QED) is 0.672. The Hall–Kier alpha value is -1.40. The molecular weight excluding hydrogens is 268 g/mol. The molecule has 1 aromatic carbocycles. The molecule has 20 heavy (non-hydrogen) atoms. The topological polar surface area (TPSA) is 39.7 Å². The lowest BCUT2D eigenvalue weighted by Crippen LogP contribution is -2.19. The van der Waals surface area contributed by atoms with Crippen molar-refractivity contribution in [1.29, 1.82) is 0 Å². The van der Waals surface area contributed by atoms with Crippen molar-refractivity contribution >= 4 is 0 Å². The molecule has 0 heterocycles. The van der Waals surface area contributed by atoms with E-state index in [1.807, 2.05) is 19.1 Å². The van der Waals surface area contributed by atoms with Gasteiger partial charge in [-0.25, -0.2) is 8.78 Å². The standard InChI is InChI=1S/C14H21F2NO3/c1-3-19-12-6-4-5-11(9-17-7-8-18-2)14(12)20-10-13(15)16/h4-6,13,17H,3,7-10H2,1-2H3. The van der Waals surface area contributed by atoms with Crippen molar-refractivity contribution in [3.05, 3.63) is 23.8 Å². The number of hydrogen-bond donors (Lipinski definition) is 1. The molecule has 1 rings (SSSR count). The van der Waals surface area contributed by atoms with Crippen molar-refractivity contribution in [3.8, 4) is 11.5 Å². The molecule has 0 radical (unpaired) electrons. The summed E-state index contributed by atoms with van der Waals surface area (Å²) in [6.07, 6.45) is -2.51. The van der Waals surface area contributed by atoms with Crippen LogP contribution in [-0.2, 0) is 11.3 Å². The van der Waals surface area contributed by atoms with Crippen LogP contribution in [0.5, 0.6) is 11.5 Å². The van der Waals surface area contributed by atoms with Crippen molar-refractivity contribution in [2.24, 2.45) is 0 Å². The number of methoxy groups -OCH3 is 1. The molecule has 0 unspecified atom stereocenters. The van der Waals surface area contributed by atoms with Gasteiger partial charge in [-0.1, -0.05) is 12.1 Å². The average Bonchev–Trinajstić information content (AvgIpc) is 2.43. The van der Waals surface area contributed by atoms with Gasteiger partial charge in [0.25, 0.3) is 6.43 Å². The minimum atomic E-state index is -2.51. The molecule has 1 aromatic rings. The fourth-order valence-corrected chi connectivity index (χ4v) is 1.68. The molecule has 0 fully saturated rings. The van der Waals surface area contributed by atoms with E-state index in [1.54, 1.807) is 13.2 Å². The molecular formula is C14H21F2NO3. The third-order valence-electron chi connectivity index (χ3n) is 2.51. The molecule has 4 nitrogen and oxygen atoms in total. The molecule has 0 aromatic heterocycles. The molecule has 1 N–H and O–H groups in total. The Morgan fingerprint density at radius 3 is 2.70 bits per heavy atom. The van der Waals surface area contributed by atoms with Gasteiger partial charge in [0.15, 0.2) is 11.5 Å². The molecule has 114 valence electrons. The zero-order valence-electron chi connectivity index (χ0n) is 11.8. The van der Waals surface area contributed by atoms with Crippen molar-refractivity contribution < 1.29 is 23.0 Å². The fourth-order valence-electron chi connectivity index (χ4n) is 1.68. The van der Waals surface area contributed by atoms with E-state index < -0.39 is 13.0 Å². The third-order valence-corrected chi connectivity index (χ3v) is 2.51. The Labute approximate surface area is 118 Å². The normalized spacial score (nSPS) is 10.8. The maximum atomic E-state index is 12.3. The molecule has 0 saturated heterocycles. The van der Waals surface area contributed by atoms with E-state index in [0.717, 1.165) is 5.56 Å². The van der Waals surface area contributed by atoms with Crippen LogP contribution in [0.2, 0.25) is 0 Å². The van der Waals surface area contributed by atoms with E-state index in [0.29, 0.717) is 37.8 Å². The fraction of sp³-hybridized carbons (Fsp3) is 0.571. The Bertz CT molecular complexity index is 389. The van der Waals surface area contributed by atoms with Crippen molar-refractivity contribution in [2.75, 3.05) is 33.5 Å². The number of alkyl halides is 2. The maximum absolute atomic E-state index is 12.3. The maximum Gasteiger partial charge on any atom is 0.272 e. The van der Waals surface area contributed by atoms with Gasteiger partial charge in [-0.15, -0.1) is 0 Å².